The van der Waals surface area contributed by atoms with Crippen molar-refractivity contribution in [2.24, 2.45) is 5.73 Å². The zero-order valence-corrected chi connectivity index (χ0v) is 13.5. The predicted octanol–water partition coefficient (Wildman–Crippen LogP) is 4.55. The number of aromatic nitrogens is 1. The zero-order valence-electron chi connectivity index (χ0n) is 11.9. The van der Waals surface area contributed by atoms with Gasteiger partial charge in [0, 0.05) is 28.0 Å². The molecule has 0 aliphatic heterocycles. The third-order valence-electron chi connectivity index (χ3n) is 3.71. The van der Waals surface area contributed by atoms with Gasteiger partial charge in [0.2, 0.25) is 0 Å². The standard InChI is InChI=1S/C18H17BrN2/c1-12-5-4-7-15(18(12)19)16(20)11-14-10-9-13-6-2-3-8-17(13)21-14/h2-10,16H,11,20H2,1H3. The molecule has 0 radical (unpaired) electrons. The number of aryl methyl sites for hydroxylation is 1. The third-order valence-corrected chi connectivity index (χ3v) is 4.79. The number of benzene rings is 2. The molecule has 3 rings (SSSR count). The summed E-state index contributed by atoms with van der Waals surface area (Å²) in [6.45, 7) is 2.08. The van der Waals surface area contributed by atoms with Gasteiger partial charge in [0.05, 0.1) is 5.52 Å². The van der Waals surface area contributed by atoms with Gasteiger partial charge in [0.1, 0.15) is 0 Å². The normalized spacial score (nSPS) is 12.5. The summed E-state index contributed by atoms with van der Waals surface area (Å²) in [7, 11) is 0. The zero-order chi connectivity index (χ0) is 14.8. The average Bonchev–Trinajstić information content (AvgIpc) is 2.50. The van der Waals surface area contributed by atoms with Crippen molar-refractivity contribution in [1.29, 1.82) is 0 Å². The van der Waals surface area contributed by atoms with Crippen LogP contribution in [0.1, 0.15) is 22.9 Å². The summed E-state index contributed by atoms with van der Waals surface area (Å²) in [5.41, 5.74) is 10.7. The van der Waals surface area contributed by atoms with Gasteiger partial charge in [-0.15, -0.1) is 0 Å². The molecule has 2 aromatic carbocycles. The van der Waals surface area contributed by atoms with Gasteiger partial charge >= 0.3 is 0 Å². The van der Waals surface area contributed by atoms with Crippen molar-refractivity contribution < 1.29 is 0 Å². The monoisotopic (exact) mass is 340 g/mol. The maximum atomic E-state index is 6.37. The Morgan fingerprint density at radius 1 is 1.05 bits per heavy atom. The van der Waals surface area contributed by atoms with Gasteiger partial charge in [0.25, 0.3) is 0 Å². The van der Waals surface area contributed by atoms with Crippen molar-refractivity contribution in [2.45, 2.75) is 19.4 Å². The number of fused-ring (bicyclic) bond motifs is 1. The van der Waals surface area contributed by atoms with E-state index in [0.717, 1.165) is 33.1 Å². The lowest BCUT2D eigenvalue weighted by Crippen LogP contribution is -2.15. The van der Waals surface area contributed by atoms with Crippen LogP contribution in [0.3, 0.4) is 0 Å². The molecule has 0 spiro atoms. The highest BCUT2D eigenvalue weighted by Crippen LogP contribution is 2.27. The summed E-state index contributed by atoms with van der Waals surface area (Å²) in [6, 6.07) is 18.4. The molecule has 3 aromatic rings. The Morgan fingerprint density at radius 2 is 1.86 bits per heavy atom. The third kappa shape index (κ3) is 2.99. The summed E-state index contributed by atoms with van der Waals surface area (Å²) in [4.78, 5) is 4.70. The van der Waals surface area contributed by atoms with E-state index >= 15 is 0 Å². The molecule has 1 heterocycles. The Hall–Kier alpha value is -1.71. The van der Waals surface area contributed by atoms with Crippen LogP contribution in [-0.2, 0) is 6.42 Å². The minimum Gasteiger partial charge on any atom is -0.324 e. The molecule has 106 valence electrons. The van der Waals surface area contributed by atoms with E-state index in [4.69, 9.17) is 10.7 Å². The largest absolute Gasteiger partial charge is 0.324 e. The van der Waals surface area contributed by atoms with Crippen LogP contribution < -0.4 is 5.73 Å². The molecule has 0 aliphatic carbocycles. The van der Waals surface area contributed by atoms with Gasteiger partial charge in [-0.05, 0) is 30.2 Å². The predicted molar refractivity (Wildman–Crippen MR) is 91.3 cm³/mol. The quantitative estimate of drug-likeness (QED) is 0.759. The second-order valence-electron chi connectivity index (χ2n) is 5.28. The van der Waals surface area contributed by atoms with Gasteiger partial charge < -0.3 is 5.73 Å². The topological polar surface area (TPSA) is 38.9 Å². The van der Waals surface area contributed by atoms with Gasteiger partial charge in [-0.3, -0.25) is 4.98 Å². The van der Waals surface area contributed by atoms with E-state index in [1.807, 2.05) is 24.3 Å². The average molecular weight is 341 g/mol. The van der Waals surface area contributed by atoms with Crippen LogP contribution >= 0.6 is 15.9 Å². The van der Waals surface area contributed by atoms with E-state index < -0.39 is 0 Å². The van der Waals surface area contributed by atoms with Crippen molar-refractivity contribution in [1.82, 2.24) is 4.98 Å². The lowest BCUT2D eigenvalue weighted by atomic mass is 10.0. The lowest BCUT2D eigenvalue weighted by molar-refractivity contribution is 0.705. The van der Waals surface area contributed by atoms with E-state index in [-0.39, 0.29) is 6.04 Å². The van der Waals surface area contributed by atoms with Gasteiger partial charge in [0.15, 0.2) is 0 Å². The molecule has 0 aliphatic rings. The first-order chi connectivity index (χ1) is 10.1. The number of nitrogens with two attached hydrogens (primary N) is 1. The van der Waals surface area contributed by atoms with Gasteiger partial charge in [-0.1, -0.05) is 58.4 Å². The molecular weight excluding hydrogens is 324 g/mol. The molecule has 0 bridgehead atoms. The fourth-order valence-corrected chi connectivity index (χ4v) is 3.07. The summed E-state index contributed by atoms with van der Waals surface area (Å²) < 4.78 is 1.10. The maximum Gasteiger partial charge on any atom is 0.0705 e. The fraction of sp³-hybridized carbons (Fsp3) is 0.167. The number of halogens is 1. The van der Waals surface area contributed by atoms with E-state index in [0.29, 0.717) is 0 Å². The molecule has 0 fully saturated rings. The molecule has 3 heteroatoms. The van der Waals surface area contributed by atoms with E-state index in [1.54, 1.807) is 0 Å². The van der Waals surface area contributed by atoms with Crippen LogP contribution in [0.2, 0.25) is 0 Å². The number of para-hydroxylation sites is 1. The first kappa shape index (κ1) is 14.2. The Kier molecular flexibility index (Phi) is 4.04. The molecule has 21 heavy (non-hydrogen) atoms. The highest BCUT2D eigenvalue weighted by Gasteiger charge is 2.12. The molecule has 1 aromatic heterocycles. The number of pyridine rings is 1. The summed E-state index contributed by atoms with van der Waals surface area (Å²) in [5.74, 6) is 0. The molecule has 2 N–H and O–H groups in total. The van der Waals surface area contributed by atoms with Crippen molar-refractivity contribution in [3.05, 3.63) is 75.9 Å². The van der Waals surface area contributed by atoms with Crippen LogP contribution in [0.15, 0.2) is 59.1 Å². The van der Waals surface area contributed by atoms with E-state index in [9.17, 15) is 0 Å². The van der Waals surface area contributed by atoms with E-state index in [1.165, 1.54) is 5.56 Å². The van der Waals surface area contributed by atoms with Crippen LogP contribution in [0.25, 0.3) is 10.9 Å². The van der Waals surface area contributed by atoms with Crippen molar-refractivity contribution in [2.75, 3.05) is 0 Å². The van der Waals surface area contributed by atoms with Crippen LogP contribution in [0, 0.1) is 6.92 Å². The number of rotatable bonds is 3. The van der Waals surface area contributed by atoms with Crippen LogP contribution in [-0.4, -0.2) is 4.98 Å². The Morgan fingerprint density at radius 3 is 2.71 bits per heavy atom. The second-order valence-corrected chi connectivity index (χ2v) is 6.08. The Bertz CT molecular complexity index is 783. The SMILES string of the molecule is Cc1cccc(C(N)Cc2ccc3ccccc3n2)c1Br. The molecule has 0 amide bonds. The Balaban J connectivity index is 1.89. The molecule has 1 atom stereocenters. The fourth-order valence-electron chi connectivity index (χ4n) is 2.51. The van der Waals surface area contributed by atoms with E-state index in [2.05, 4.69) is 53.2 Å². The molecule has 2 nitrogen and oxygen atoms in total. The molecule has 0 saturated heterocycles. The van der Waals surface area contributed by atoms with Crippen LogP contribution in [0.4, 0.5) is 0 Å². The molecule has 0 saturated carbocycles. The van der Waals surface area contributed by atoms with Gasteiger partial charge in [-0.2, -0.15) is 0 Å². The first-order valence-electron chi connectivity index (χ1n) is 7.00. The van der Waals surface area contributed by atoms with Crippen LogP contribution in [0.5, 0.6) is 0 Å². The maximum absolute atomic E-state index is 6.37. The summed E-state index contributed by atoms with van der Waals surface area (Å²) >= 11 is 3.63. The first-order valence-corrected chi connectivity index (χ1v) is 7.80. The summed E-state index contributed by atoms with van der Waals surface area (Å²) in [6.07, 6.45) is 0.729. The molecular formula is C18H17BrN2. The Labute approximate surface area is 133 Å². The second kappa shape index (κ2) is 5.96. The van der Waals surface area contributed by atoms with Gasteiger partial charge in [-0.25, -0.2) is 0 Å². The number of hydrogen-bond acceptors (Lipinski definition) is 2. The lowest BCUT2D eigenvalue weighted by Gasteiger charge is -2.15. The molecule has 1 unspecified atom stereocenters. The minimum atomic E-state index is -0.0621. The minimum absolute atomic E-state index is 0.0621. The van der Waals surface area contributed by atoms with Crippen molar-refractivity contribution in [3.63, 3.8) is 0 Å². The highest BCUT2D eigenvalue weighted by atomic mass is 79.9. The summed E-state index contributed by atoms with van der Waals surface area (Å²) in [5, 5.41) is 1.16. The number of hydrogen-bond donors (Lipinski definition) is 1. The van der Waals surface area contributed by atoms with Crippen molar-refractivity contribution in [3.8, 4) is 0 Å². The number of nitrogens with zero attached hydrogens (tertiary/aromatic N) is 1. The van der Waals surface area contributed by atoms with Crippen molar-refractivity contribution >= 4 is 26.8 Å². The smallest absolute Gasteiger partial charge is 0.0705 e. The highest BCUT2D eigenvalue weighted by molar-refractivity contribution is 9.10.